The van der Waals surface area contributed by atoms with Crippen LogP contribution >= 0.6 is 31.9 Å². The van der Waals surface area contributed by atoms with Gasteiger partial charge in [-0.25, -0.2) is 8.42 Å². The molecule has 112 valence electrons. The summed E-state index contributed by atoms with van der Waals surface area (Å²) in [5.74, 6) is -1.18. The minimum absolute atomic E-state index is 0.00762. The number of carboxylic acid groups (broad SMARTS) is 1. The van der Waals surface area contributed by atoms with Crippen LogP contribution in [0.1, 0.15) is 26.7 Å². The van der Waals surface area contributed by atoms with Gasteiger partial charge in [0.2, 0.25) is 10.0 Å². The first kappa shape index (κ1) is 17.6. The van der Waals surface area contributed by atoms with E-state index in [0.717, 1.165) is 4.47 Å². The van der Waals surface area contributed by atoms with Crippen molar-refractivity contribution in [2.45, 2.75) is 37.1 Å². The fourth-order valence-electron chi connectivity index (χ4n) is 1.75. The molecule has 0 aliphatic heterocycles. The molecule has 0 aliphatic rings. The molecule has 8 heteroatoms. The molecule has 1 aromatic rings. The number of hydrogen-bond acceptors (Lipinski definition) is 3. The van der Waals surface area contributed by atoms with Gasteiger partial charge in [-0.15, -0.1) is 0 Å². The van der Waals surface area contributed by atoms with Crippen LogP contribution in [-0.2, 0) is 14.8 Å². The van der Waals surface area contributed by atoms with Crippen LogP contribution in [0.4, 0.5) is 0 Å². The largest absolute Gasteiger partial charge is 0.480 e. The van der Waals surface area contributed by atoms with Crippen LogP contribution in [-0.4, -0.2) is 25.0 Å². The van der Waals surface area contributed by atoms with E-state index in [1.165, 1.54) is 6.07 Å². The van der Waals surface area contributed by atoms with Gasteiger partial charge in [-0.05, 0) is 47.0 Å². The van der Waals surface area contributed by atoms with Crippen molar-refractivity contribution in [2.75, 3.05) is 0 Å². The van der Waals surface area contributed by atoms with Crippen LogP contribution < -0.4 is 4.72 Å². The Morgan fingerprint density at radius 1 is 1.30 bits per heavy atom. The molecule has 0 saturated heterocycles. The van der Waals surface area contributed by atoms with Crippen LogP contribution in [0, 0.1) is 0 Å². The number of halogens is 2. The van der Waals surface area contributed by atoms with Crippen molar-refractivity contribution in [1.82, 2.24) is 4.72 Å². The second kappa shape index (κ2) is 6.55. The molecule has 0 spiro atoms. The first-order chi connectivity index (χ1) is 9.18. The molecule has 0 heterocycles. The lowest BCUT2D eigenvalue weighted by molar-refractivity contribution is -0.144. The highest BCUT2D eigenvalue weighted by molar-refractivity contribution is 9.11. The fraction of sp³-hybridized carbons (Fsp3) is 0.417. The number of sulfonamides is 1. The predicted molar refractivity (Wildman–Crippen MR) is 83.1 cm³/mol. The van der Waals surface area contributed by atoms with E-state index in [2.05, 4.69) is 36.6 Å². The standard InChI is InChI=1S/C12H15Br2NO4S/c1-3-12(4-2,11(16)17)15-20(18,19)10-6-5-8(13)7-9(10)14/h5-7,15H,3-4H2,1-2H3,(H,16,17). The zero-order chi connectivity index (χ0) is 15.6. The van der Waals surface area contributed by atoms with Gasteiger partial charge in [-0.3, -0.25) is 4.79 Å². The predicted octanol–water partition coefficient (Wildman–Crippen LogP) is 3.13. The summed E-state index contributed by atoms with van der Waals surface area (Å²) in [6.07, 6.45) is 0.318. The zero-order valence-electron chi connectivity index (χ0n) is 11.0. The van der Waals surface area contributed by atoms with Crippen molar-refractivity contribution in [2.24, 2.45) is 0 Å². The molecule has 0 amide bonds. The SMILES string of the molecule is CCC(CC)(NS(=O)(=O)c1ccc(Br)cc1Br)C(=O)O. The quantitative estimate of drug-likeness (QED) is 0.728. The van der Waals surface area contributed by atoms with Crippen LogP contribution in [0.15, 0.2) is 32.0 Å². The Labute approximate surface area is 135 Å². The maximum atomic E-state index is 12.4. The number of benzene rings is 1. The van der Waals surface area contributed by atoms with Gasteiger partial charge < -0.3 is 5.11 Å². The fourth-order valence-corrected chi connectivity index (χ4v) is 5.00. The van der Waals surface area contributed by atoms with Crippen molar-refractivity contribution >= 4 is 47.9 Å². The van der Waals surface area contributed by atoms with Crippen molar-refractivity contribution in [3.63, 3.8) is 0 Å². The summed E-state index contributed by atoms with van der Waals surface area (Å²) in [5.41, 5.74) is -1.49. The Morgan fingerprint density at radius 2 is 1.85 bits per heavy atom. The van der Waals surface area contributed by atoms with E-state index in [4.69, 9.17) is 0 Å². The summed E-state index contributed by atoms with van der Waals surface area (Å²) < 4.78 is 28.2. The Balaban J connectivity index is 3.27. The van der Waals surface area contributed by atoms with E-state index in [-0.39, 0.29) is 17.7 Å². The summed E-state index contributed by atoms with van der Waals surface area (Å²) >= 11 is 6.41. The number of hydrogen-bond donors (Lipinski definition) is 2. The Bertz CT molecular complexity index is 612. The van der Waals surface area contributed by atoms with E-state index < -0.39 is 21.5 Å². The van der Waals surface area contributed by atoms with Gasteiger partial charge >= 0.3 is 5.97 Å². The Hall–Kier alpha value is -0.440. The third kappa shape index (κ3) is 3.60. The van der Waals surface area contributed by atoms with E-state index in [0.29, 0.717) is 4.47 Å². The lowest BCUT2D eigenvalue weighted by Crippen LogP contribution is -2.53. The van der Waals surface area contributed by atoms with Crippen molar-refractivity contribution in [3.05, 3.63) is 27.1 Å². The monoisotopic (exact) mass is 427 g/mol. The minimum Gasteiger partial charge on any atom is -0.480 e. The highest BCUT2D eigenvalue weighted by Crippen LogP contribution is 2.28. The summed E-state index contributed by atoms with van der Waals surface area (Å²) in [4.78, 5) is 11.4. The molecule has 0 aromatic heterocycles. The lowest BCUT2D eigenvalue weighted by atomic mass is 9.95. The number of carboxylic acids is 1. The number of aliphatic carboxylic acids is 1. The first-order valence-electron chi connectivity index (χ1n) is 5.91. The summed E-state index contributed by atoms with van der Waals surface area (Å²) in [7, 11) is -3.93. The summed E-state index contributed by atoms with van der Waals surface area (Å²) in [5, 5.41) is 9.30. The highest BCUT2D eigenvalue weighted by Gasteiger charge is 2.39. The van der Waals surface area contributed by atoms with Gasteiger partial charge in [0.15, 0.2) is 0 Å². The zero-order valence-corrected chi connectivity index (χ0v) is 15.0. The molecule has 0 saturated carbocycles. The average Bonchev–Trinajstić information content (AvgIpc) is 2.35. The van der Waals surface area contributed by atoms with E-state index >= 15 is 0 Å². The normalized spacial score (nSPS) is 12.4. The molecule has 20 heavy (non-hydrogen) atoms. The minimum atomic E-state index is -3.93. The molecule has 2 N–H and O–H groups in total. The van der Waals surface area contributed by atoms with Gasteiger partial charge in [0.25, 0.3) is 0 Å². The Kier molecular flexibility index (Phi) is 5.77. The second-order valence-electron chi connectivity index (χ2n) is 4.27. The second-order valence-corrected chi connectivity index (χ2v) is 7.70. The molecule has 0 fully saturated rings. The van der Waals surface area contributed by atoms with Crippen LogP contribution in [0.2, 0.25) is 0 Å². The summed E-state index contributed by atoms with van der Waals surface area (Å²) in [6.45, 7) is 3.27. The Morgan fingerprint density at radius 3 is 2.25 bits per heavy atom. The van der Waals surface area contributed by atoms with Crippen molar-refractivity contribution < 1.29 is 18.3 Å². The molecule has 5 nitrogen and oxygen atoms in total. The molecular weight excluding hydrogens is 414 g/mol. The van der Waals surface area contributed by atoms with Gasteiger partial charge in [0.1, 0.15) is 5.54 Å². The molecule has 0 unspecified atom stereocenters. The van der Waals surface area contributed by atoms with E-state index in [1.807, 2.05) is 0 Å². The van der Waals surface area contributed by atoms with Gasteiger partial charge in [-0.2, -0.15) is 4.72 Å². The topological polar surface area (TPSA) is 83.5 Å². The van der Waals surface area contributed by atoms with E-state index in [1.54, 1.807) is 26.0 Å². The average molecular weight is 429 g/mol. The lowest BCUT2D eigenvalue weighted by Gasteiger charge is -2.27. The third-order valence-electron chi connectivity index (χ3n) is 3.13. The third-order valence-corrected chi connectivity index (χ3v) is 6.14. The number of rotatable bonds is 6. The molecule has 1 rings (SSSR count). The molecule has 1 aromatic carbocycles. The van der Waals surface area contributed by atoms with Gasteiger partial charge in [0, 0.05) is 8.95 Å². The van der Waals surface area contributed by atoms with E-state index in [9.17, 15) is 18.3 Å². The maximum absolute atomic E-state index is 12.4. The van der Waals surface area contributed by atoms with Crippen LogP contribution in [0.5, 0.6) is 0 Å². The molecule has 0 aliphatic carbocycles. The molecule has 0 atom stereocenters. The van der Waals surface area contributed by atoms with Crippen molar-refractivity contribution in [3.8, 4) is 0 Å². The smallest absolute Gasteiger partial charge is 0.324 e. The number of nitrogens with one attached hydrogen (secondary N) is 1. The van der Waals surface area contributed by atoms with Gasteiger partial charge in [-0.1, -0.05) is 29.8 Å². The first-order valence-corrected chi connectivity index (χ1v) is 8.98. The molecule has 0 radical (unpaired) electrons. The summed E-state index contributed by atoms with van der Waals surface area (Å²) in [6, 6.07) is 4.59. The van der Waals surface area contributed by atoms with Crippen LogP contribution in [0.3, 0.4) is 0 Å². The number of carbonyl (C=O) groups is 1. The van der Waals surface area contributed by atoms with Gasteiger partial charge in [0.05, 0.1) is 4.90 Å². The van der Waals surface area contributed by atoms with Crippen molar-refractivity contribution in [1.29, 1.82) is 0 Å². The molecular formula is C12H15Br2NO4S. The highest BCUT2D eigenvalue weighted by atomic mass is 79.9. The molecule has 0 bridgehead atoms. The van der Waals surface area contributed by atoms with Crippen LogP contribution in [0.25, 0.3) is 0 Å². The maximum Gasteiger partial charge on any atom is 0.324 e.